The zero-order chi connectivity index (χ0) is 15.0. The number of halogens is 3. The number of imidazole rings is 1. The molecule has 0 saturated heterocycles. The van der Waals surface area contributed by atoms with E-state index in [9.17, 15) is 13.2 Å². The molecule has 3 rings (SSSR count). The number of fused-ring (bicyclic) bond motifs is 1. The Morgan fingerprint density at radius 1 is 1.10 bits per heavy atom. The van der Waals surface area contributed by atoms with Gasteiger partial charge in [-0.15, -0.1) is 0 Å². The molecule has 0 radical (unpaired) electrons. The summed E-state index contributed by atoms with van der Waals surface area (Å²) >= 11 is 0. The van der Waals surface area contributed by atoms with Gasteiger partial charge in [0, 0.05) is 6.20 Å². The molecular weight excluding hydrogens is 281 g/mol. The number of nitrogen functional groups attached to an aromatic ring is 1. The summed E-state index contributed by atoms with van der Waals surface area (Å²) < 4.78 is 40.5. The van der Waals surface area contributed by atoms with Crippen molar-refractivity contribution in [2.45, 2.75) is 12.7 Å². The second kappa shape index (κ2) is 4.76. The zero-order valence-electron chi connectivity index (χ0n) is 10.8. The normalized spacial score (nSPS) is 12.0. The van der Waals surface area contributed by atoms with Crippen molar-refractivity contribution in [2.24, 2.45) is 0 Å². The lowest BCUT2D eigenvalue weighted by Gasteiger charge is -2.13. The van der Waals surface area contributed by atoms with E-state index in [0.717, 1.165) is 6.07 Å². The van der Waals surface area contributed by atoms with Crippen molar-refractivity contribution in [1.82, 2.24) is 14.5 Å². The predicted molar refractivity (Wildman–Crippen MR) is 72.5 cm³/mol. The number of rotatable bonds is 2. The molecule has 0 aliphatic heterocycles. The van der Waals surface area contributed by atoms with Gasteiger partial charge < -0.3 is 5.73 Å². The molecule has 0 unspecified atom stereocenters. The fourth-order valence-electron chi connectivity index (χ4n) is 2.24. The molecule has 108 valence electrons. The van der Waals surface area contributed by atoms with Crippen LogP contribution in [0.5, 0.6) is 0 Å². The van der Waals surface area contributed by atoms with E-state index < -0.39 is 11.7 Å². The third kappa shape index (κ3) is 2.42. The summed E-state index contributed by atoms with van der Waals surface area (Å²) in [4.78, 5) is 8.23. The van der Waals surface area contributed by atoms with E-state index in [-0.39, 0.29) is 18.1 Å². The fourth-order valence-corrected chi connectivity index (χ4v) is 2.24. The smallest absolute Gasteiger partial charge is 0.369 e. The molecule has 1 aromatic carbocycles. The molecule has 2 aromatic heterocycles. The van der Waals surface area contributed by atoms with E-state index in [1.165, 1.54) is 16.7 Å². The van der Waals surface area contributed by atoms with Gasteiger partial charge in [0.25, 0.3) is 0 Å². The third-order valence-electron chi connectivity index (χ3n) is 3.18. The standard InChI is InChI=1S/C14H11F3N4/c15-14(16,17)10-5-2-1-4-9(10)8-21-12-11(20-13(21)18)6-3-7-19-12/h1-7H,8H2,(H2,18,20). The van der Waals surface area contributed by atoms with Crippen LogP contribution in [0.25, 0.3) is 11.2 Å². The Kier molecular flexibility index (Phi) is 3.04. The van der Waals surface area contributed by atoms with Crippen LogP contribution >= 0.6 is 0 Å². The molecule has 7 heteroatoms. The third-order valence-corrected chi connectivity index (χ3v) is 3.18. The van der Waals surface area contributed by atoms with E-state index in [1.54, 1.807) is 24.4 Å². The van der Waals surface area contributed by atoms with Crippen LogP contribution in [0.2, 0.25) is 0 Å². The Hall–Kier alpha value is -2.57. The van der Waals surface area contributed by atoms with Crippen LogP contribution in [0.1, 0.15) is 11.1 Å². The minimum absolute atomic E-state index is 0.0327. The number of nitrogens with two attached hydrogens (primary N) is 1. The van der Waals surface area contributed by atoms with Crippen LogP contribution in [0.3, 0.4) is 0 Å². The molecule has 0 amide bonds. The number of hydrogen-bond donors (Lipinski definition) is 1. The van der Waals surface area contributed by atoms with Gasteiger partial charge in [-0.25, -0.2) is 9.97 Å². The molecule has 0 atom stereocenters. The number of pyridine rings is 1. The summed E-state index contributed by atoms with van der Waals surface area (Å²) in [6.45, 7) is -0.0327. The number of anilines is 1. The Balaban J connectivity index is 2.10. The number of hydrogen-bond acceptors (Lipinski definition) is 3. The molecule has 0 spiro atoms. The highest BCUT2D eigenvalue weighted by Gasteiger charge is 2.33. The minimum Gasteiger partial charge on any atom is -0.369 e. The summed E-state index contributed by atoms with van der Waals surface area (Å²) in [6, 6.07) is 8.82. The van der Waals surface area contributed by atoms with Gasteiger partial charge in [0.1, 0.15) is 5.52 Å². The lowest BCUT2D eigenvalue weighted by atomic mass is 10.1. The van der Waals surface area contributed by atoms with Crippen LogP contribution < -0.4 is 5.73 Å². The second-order valence-corrected chi connectivity index (χ2v) is 4.56. The molecular formula is C14H11F3N4. The van der Waals surface area contributed by atoms with Crippen molar-refractivity contribution in [2.75, 3.05) is 5.73 Å². The number of nitrogens with zero attached hydrogens (tertiary/aromatic N) is 3. The molecule has 2 N–H and O–H groups in total. The Morgan fingerprint density at radius 2 is 1.86 bits per heavy atom. The Labute approximate surface area is 118 Å². The van der Waals surface area contributed by atoms with Crippen LogP contribution in [-0.2, 0) is 12.7 Å². The van der Waals surface area contributed by atoms with Crippen molar-refractivity contribution in [3.8, 4) is 0 Å². The maximum atomic E-state index is 13.0. The fraction of sp³-hybridized carbons (Fsp3) is 0.143. The van der Waals surface area contributed by atoms with Gasteiger partial charge >= 0.3 is 6.18 Å². The lowest BCUT2D eigenvalue weighted by Crippen LogP contribution is -2.13. The first-order valence-electron chi connectivity index (χ1n) is 6.18. The van der Waals surface area contributed by atoms with E-state index in [0.29, 0.717) is 11.2 Å². The molecule has 0 fully saturated rings. The highest BCUT2D eigenvalue weighted by atomic mass is 19.4. The summed E-state index contributed by atoms with van der Waals surface area (Å²) in [6.07, 6.45) is -2.86. The summed E-state index contributed by atoms with van der Waals surface area (Å²) in [5.74, 6) is 0.140. The largest absolute Gasteiger partial charge is 0.416 e. The van der Waals surface area contributed by atoms with Crippen LogP contribution in [0.15, 0.2) is 42.6 Å². The van der Waals surface area contributed by atoms with Gasteiger partial charge in [0.15, 0.2) is 5.65 Å². The molecule has 21 heavy (non-hydrogen) atoms. The van der Waals surface area contributed by atoms with Crippen molar-refractivity contribution in [3.63, 3.8) is 0 Å². The molecule has 0 bridgehead atoms. The van der Waals surface area contributed by atoms with Gasteiger partial charge in [0.2, 0.25) is 5.95 Å². The Morgan fingerprint density at radius 3 is 2.62 bits per heavy atom. The zero-order valence-corrected chi connectivity index (χ0v) is 10.8. The maximum absolute atomic E-state index is 13.0. The van der Waals surface area contributed by atoms with Crippen molar-refractivity contribution < 1.29 is 13.2 Å². The van der Waals surface area contributed by atoms with E-state index in [1.807, 2.05) is 0 Å². The number of benzene rings is 1. The minimum atomic E-state index is -4.41. The molecule has 0 aliphatic rings. The van der Waals surface area contributed by atoms with E-state index in [4.69, 9.17) is 5.73 Å². The first-order valence-corrected chi connectivity index (χ1v) is 6.18. The SMILES string of the molecule is Nc1nc2cccnc2n1Cc1ccccc1C(F)(F)F. The van der Waals surface area contributed by atoms with Crippen molar-refractivity contribution >= 4 is 17.1 Å². The first-order chi connectivity index (χ1) is 9.97. The van der Waals surface area contributed by atoms with Crippen molar-refractivity contribution in [1.29, 1.82) is 0 Å². The molecule has 0 saturated carbocycles. The van der Waals surface area contributed by atoms with Crippen molar-refractivity contribution in [3.05, 3.63) is 53.7 Å². The summed E-state index contributed by atoms with van der Waals surface area (Å²) in [7, 11) is 0. The monoisotopic (exact) mass is 292 g/mol. The maximum Gasteiger partial charge on any atom is 0.416 e. The van der Waals surface area contributed by atoms with Crippen LogP contribution in [-0.4, -0.2) is 14.5 Å². The number of alkyl halides is 3. The average molecular weight is 292 g/mol. The quantitative estimate of drug-likeness (QED) is 0.789. The number of aromatic nitrogens is 3. The predicted octanol–water partition coefficient (Wildman–Crippen LogP) is 3.08. The summed E-state index contributed by atoms with van der Waals surface area (Å²) in [5.41, 5.74) is 6.26. The molecule has 0 aliphatic carbocycles. The average Bonchev–Trinajstić information content (AvgIpc) is 2.75. The van der Waals surface area contributed by atoms with Gasteiger partial charge in [-0.3, -0.25) is 4.57 Å². The topological polar surface area (TPSA) is 56.7 Å². The molecule has 3 aromatic rings. The highest BCUT2D eigenvalue weighted by molar-refractivity contribution is 5.73. The van der Waals surface area contributed by atoms with Gasteiger partial charge in [0.05, 0.1) is 12.1 Å². The molecule has 4 nitrogen and oxygen atoms in total. The van der Waals surface area contributed by atoms with E-state index in [2.05, 4.69) is 9.97 Å². The summed E-state index contributed by atoms with van der Waals surface area (Å²) in [5, 5.41) is 0. The Bertz CT molecular complexity index is 792. The van der Waals surface area contributed by atoms with E-state index >= 15 is 0 Å². The van der Waals surface area contributed by atoms with Crippen LogP contribution in [0, 0.1) is 0 Å². The van der Waals surface area contributed by atoms with Gasteiger partial charge in [-0.2, -0.15) is 13.2 Å². The lowest BCUT2D eigenvalue weighted by molar-refractivity contribution is -0.138. The van der Waals surface area contributed by atoms with Crippen LogP contribution in [0.4, 0.5) is 19.1 Å². The highest BCUT2D eigenvalue weighted by Crippen LogP contribution is 2.32. The second-order valence-electron chi connectivity index (χ2n) is 4.56. The van der Waals surface area contributed by atoms with Gasteiger partial charge in [-0.1, -0.05) is 18.2 Å². The first kappa shape index (κ1) is 13.4. The molecule has 2 heterocycles. The van der Waals surface area contributed by atoms with Gasteiger partial charge in [-0.05, 0) is 23.8 Å².